The summed E-state index contributed by atoms with van der Waals surface area (Å²) < 4.78 is 0. The normalized spacial score (nSPS) is 14.0. The van der Waals surface area contributed by atoms with Crippen molar-refractivity contribution in [3.63, 3.8) is 0 Å². The van der Waals surface area contributed by atoms with E-state index in [0.717, 1.165) is 36.0 Å². The molecule has 0 spiro atoms. The van der Waals surface area contributed by atoms with Gasteiger partial charge in [0.1, 0.15) is 6.04 Å². The summed E-state index contributed by atoms with van der Waals surface area (Å²) in [7, 11) is 0. The van der Waals surface area contributed by atoms with Gasteiger partial charge in [0.2, 0.25) is 11.8 Å². The second-order valence-electron chi connectivity index (χ2n) is 9.27. The molecule has 186 valence electrons. The molecule has 0 heterocycles. The van der Waals surface area contributed by atoms with E-state index < -0.39 is 6.04 Å². The van der Waals surface area contributed by atoms with Crippen molar-refractivity contribution in [2.75, 3.05) is 6.54 Å². The Hall–Kier alpha value is -3.37. The molecule has 0 aromatic heterocycles. The lowest BCUT2D eigenvalue weighted by atomic mass is 9.97. The number of carbonyl (C=O) groups excluding carboxylic acids is 2. The van der Waals surface area contributed by atoms with E-state index in [0.29, 0.717) is 18.1 Å². The first kappa shape index (κ1) is 25.7. The van der Waals surface area contributed by atoms with Crippen LogP contribution in [0.3, 0.4) is 0 Å². The fraction of sp³-hybridized carbons (Fsp3) is 0.290. The number of benzene rings is 3. The summed E-state index contributed by atoms with van der Waals surface area (Å²) in [6.45, 7) is 0.907. The van der Waals surface area contributed by atoms with Crippen molar-refractivity contribution in [3.8, 4) is 0 Å². The van der Waals surface area contributed by atoms with Gasteiger partial charge in [0.15, 0.2) is 0 Å². The average Bonchev–Trinajstić information content (AvgIpc) is 2.91. The maximum Gasteiger partial charge on any atom is 0.247 e. The third kappa shape index (κ3) is 7.32. The number of amides is 2. The Labute approximate surface area is 219 Å². The first-order valence-electron chi connectivity index (χ1n) is 12.7. The fourth-order valence-corrected chi connectivity index (χ4v) is 4.79. The first-order chi connectivity index (χ1) is 17.6. The van der Waals surface area contributed by atoms with E-state index >= 15 is 0 Å². The van der Waals surface area contributed by atoms with Gasteiger partial charge in [-0.2, -0.15) is 0 Å². The van der Waals surface area contributed by atoms with Gasteiger partial charge in [-0.25, -0.2) is 0 Å². The van der Waals surface area contributed by atoms with E-state index in [-0.39, 0.29) is 18.2 Å². The van der Waals surface area contributed by atoms with Crippen molar-refractivity contribution in [3.05, 3.63) is 118 Å². The summed E-state index contributed by atoms with van der Waals surface area (Å²) >= 11 is 6.04. The number of hydrogen-bond acceptors (Lipinski definition) is 2. The summed E-state index contributed by atoms with van der Waals surface area (Å²) in [5.74, 6) is -0.266. The number of rotatable bonds is 10. The molecule has 4 rings (SSSR count). The predicted molar refractivity (Wildman–Crippen MR) is 146 cm³/mol. The molecule has 0 unspecified atom stereocenters. The van der Waals surface area contributed by atoms with Gasteiger partial charge in [-0.15, -0.1) is 0 Å². The van der Waals surface area contributed by atoms with Crippen LogP contribution in [0.1, 0.15) is 54.8 Å². The highest BCUT2D eigenvalue weighted by molar-refractivity contribution is 6.30. The van der Waals surface area contributed by atoms with Crippen molar-refractivity contribution < 1.29 is 9.59 Å². The highest BCUT2D eigenvalue weighted by Gasteiger charge is 2.31. The summed E-state index contributed by atoms with van der Waals surface area (Å²) in [5.41, 5.74) is 4.05. The lowest BCUT2D eigenvalue weighted by Crippen LogP contribution is -2.44. The highest BCUT2D eigenvalue weighted by atomic mass is 35.5. The zero-order chi connectivity index (χ0) is 25.2. The van der Waals surface area contributed by atoms with Gasteiger partial charge in [-0.1, -0.05) is 96.0 Å². The molecule has 0 saturated carbocycles. The second-order valence-corrected chi connectivity index (χ2v) is 9.71. The highest BCUT2D eigenvalue weighted by Crippen LogP contribution is 2.26. The molecule has 0 saturated heterocycles. The van der Waals surface area contributed by atoms with Crippen LogP contribution in [0.15, 0.2) is 96.6 Å². The Morgan fingerprint density at radius 3 is 2.22 bits per heavy atom. The molecule has 0 bridgehead atoms. The average molecular weight is 501 g/mol. The number of nitrogens with zero attached hydrogens (tertiary/aromatic N) is 1. The molecule has 5 heteroatoms. The molecule has 2 amide bonds. The van der Waals surface area contributed by atoms with Gasteiger partial charge in [-0.05, 0) is 60.9 Å². The SMILES string of the molecule is O=C(NCCC1=CCCCC1)[C@H](c1ccccc1)N(Cc1ccccc1)C(=O)Cc1ccc(Cl)cc1. The van der Waals surface area contributed by atoms with Gasteiger partial charge in [0, 0.05) is 18.1 Å². The third-order valence-electron chi connectivity index (χ3n) is 6.59. The smallest absolute Gasteiger partial charge is 0.247 e. The molecule has 0 aliphatic heterocycles. The molecular formula is C31H33ClN2O2. The van der Waals surface area contributed by atoms with Crippen molar-refractivity contribution in [2.24, 2.45) is 0 Å². The molecule has 3 aromatic rings. The molecule has 1 aliphatic rings. The first-order valence-corrected chi connectivity index (χ1v) is 13.1. The number of allylic oxidation sites excluding steroid dienone is 1. The van der Waals surface area contributed by atoms with Gasteiger partial charge in [0.25, 0.3) is 0 Å². The Morgan fingerprint density at radius 1 is 0.861 bits per heavy atom. The summed E-state index contributed by atoms with van der Waals surface area (Å²) in [5, 5.41) is 3.76. The van der Waals surface area contributed by atoms with Crippen LogP contribution in [-0.4, -0.2) is 23.3 Å². The second kappa shape index (κ2) is 13.1. The van der Waals surface area contributed by atoms with Crippen LogP contribution in [0.5, 0.6) is 0 Å². The van der Waals surface area contributed by atoms with E-state index in [1.807, 2.05) is 72.8 Å². The topological polar surface area (TPSA) is 49.4 Å². The molecule has 0 radical (unpaired) electrons. The Bertz CT molecular complexity index is 1160. The quantitative estimate of drug-likeness (QED) is 0.316. The third-order valence-corrected chi connectivity index (χ3v) is 6.84. The molecule has 1 N–H and O–H groups in total. The monoisotopic (exact) mass is 500 g/mol. The minimum Gasteiger partial charge on any atom is -0.354 e. The maximum atomic E-state index is 13.7. The zero-order valence-corrected chi connectivity index (χ0v) is 21.3. The predicted octanol–water partition coefficient (Wildman–Crippen LogP) is 6.66. The molecule has 1 atom stereocenters. The van der Waals surface area contributed by atoms with Crippen LogP contribution in [-0.2, 0) is 22.6 Å². The number of hydrogen-bond donors (Lipinski definition) is 1. The lowest BCUT2D eigenvalue weighted by Gasteiger charge is -2.32. The van der Waals surface area contributed by atoms with E-state index in [9.17, 15) is 9.59 Å². The molecular weight excluding hydrogens is 468 g/mol. The van der Waals surface area contributed by atoms with Gasteiger partial charge >= 0.3 is 0 Å². The summed E-state index contributed by atoms with van der Waals surface area (Å²) in [6.07, 6.45) is 8.05. The molecule has 4 nitrogen and oxygen atoms in total. The van der Waals surface area contributed by atoms with Crippen LogP contribution in [0.4, 0.5) is 0 Å². The maximum absolute atomic E-state index is 13.7. The van der Waals surface area contributed by atoms with Crippen LogP contribution in [0.2, 0.25) is 5.02 Å². The summed E-state index contributed by atoms with van der Waals surface area (Å²) in [4.78, 5) is 29.1. The van der Waals surface area contributed by atoms with Crippen LogP contribution >= 0.6 is 11.6 Å². The number of halogens is 1. The number of carbonyl (C=O) groups is 2. The standard InChI is InChI=1S/C31H33ClN2O2/c32-28-18-16-25(17-19-28)22-29(35)34(23-26-12-6-2-7-13-26)30(27-14-8-3-9-15-27)31(36)33-21-20-24-10-4-1-5-11-24/h2-3,6-10,12-19,30H,1,4-5,11,20-23H2,(H,33,36)/t30-/m0/s1. The fourth-order valence-electron chi connectivity index (χ4n) is 4.66. The molecule has 3 aromatic carbocycles. The van der Waals surface area contributed by atoms with Crippen LogP contribution in [0, 0.1) is 0 Å². The number of nitrogens with one attached hydrogen (secondary N) is 1. The molecule has 1 aliphatic carbocycles. The van der Waals surface area contributed by atoms with Gasteiger partial charge < -0.3 is 10.2 Å². The zero-order valence-electron chi connectivity index (χ0n) is 20.5. The lowest BCUT2D eigenvalue weighted by molar-refractivity contribution is -0.141. The van der Waals surface area contributed by atoms with Crippen molar-refractivity contribution in [2.45, 2.75) is 51.1 Å². The van der Waals surface area contributed by atoms with E-state index in [1.54, 1.807) is 17.0 Å². The Kier molecular flexibility index (Phi) is 9.34. The molecule has 0 fully saturated rings. The van der Waals surface area contributed by atoms with Crippen LogP contribution in [0.25, 0.3) is 0 Å². The largest absolute Gasteiger partial charge is 0.354 e. The van der Waals surface area contributed by atoms with Gasteiger partial charge in [0.05, 0.1) is 6.42 Å². The molecule has 36 heavy (non-hydrogen) atoms. The van der Waals surface area contributed by atoms with Crippen LogP contribution < -0.4 is 5.32 Å². The van der Waals surface area contributed by atoms with Crippen molar-refractivity contribution in [1.82, 2.24) is 10.2 Å². The van der Waals surface area contributed by atoms with E-state index in [2.05, 4.69) is 11.4 Å². The Morgan fingerprint density at radius 2 is 1.56 bits per heavy atom. The van der Waals surface area contributed by atoms with Crippen molar-refractivity contribution in [1.29, 1.82) is 0 Å². The van der Waals surface area contributed by atoms with E-state index in [1.165, 1.54) is 18.4 Å². The Balaban J connectivity index is 1.59. The van der Waals surface area contributed by atoms with Gasteiger partial charge in [-0.3, -0.25) is 9.59 Å². The summed E-state index contributed by atoms with van der Waals surface area (Å²) in [6, 6.07) is 26.0. The minimum absolute atomic E-state index is 0.111. The van der Waals surface area contributed by atoms with Crippen molar-refractivity contribution >= 4 is 23.4 Å². The van der Waals surface area contributed by atoms with E-state index in [4.69, 9.17) is 11.6 Å². The minimum atomic E-state index is -0.730.